The van der Waals surface area contributed by atoms with Crippen LogP contribution in [0.3, 0.4) is 0 Å². The Morgan fingerprint density at radius 3 is 0.880 bits per heavy atom. The first kappa shape index (κ1) is 17.1. The maximum Gasteiger partial charge on any atom is 0.154 e. The van der Waals surface area contributed by atoms with Gasteiger partial charge < -0.3 is 14.2 Å². The number of ether oxygens (including phenoxy) is 3. The highest BCUT2D eigenvalue weighted by molar-refractivity contribution is 6.95. The molecule has 3 aromatic rings. The van der Waals surface area contributed by atoms with Crippen LogP contribution in [0, 0.1) is 0 Å². The zero-order valence-electron chi connectivity index (χ0n) is 14.7. The first-order valence-corrected chi connectivity index (χ1v) is 9.55. The van der Waals surface area contributed by atoms with Gasteiger partial charge in [0, 0.05) is 0 Å². The van der Waals surface area contributed by atoms with Gasteiger partial charge in [-0.3, -0.25) is 0 Å². The highest BCUT2D eigenvalue weighted by Crippen LogP contribution is 2.11. The number of hydrogen-bond donors (Lipinski definition) is 0. The van der Waals surface area contributed by atoms with Gasteiger partial charge in [0.05, 0.1) is 21.3 Å². The third-order valence-corrected chi connectivity index (χ3v) is 6.87. The summed E-state index contributed by atoms with van der Waals surface area (Å²) in [6.07, 6.45) is 0. The standard InChI is InChI=1S/C21H21O3Si/c1-22-16-4-10-19(11-5-16)25(20-12-6-17(23-2)7-13-20)21-14-8-18(24-3)9-15-21/h4-15H,1-3H3. The molecule has 3 nitrogen and oxygen atoms in total. The summed E-state index contributed by atoms with van der Waals surface area (Å²) < 4.78 is 15.9. The maximum atomic E-state index is 5.30. The summed E-state index contributed by atoms with van der Waals surface area (Å²) >= 11 is 0. The second-order valence-electron chi connectivity index (χ2n) is 5.56. The average Bonchev–Trinajstić information content (AvgIpc) is 2.70. The van der Waals surface area contributed by atoms with Crippen LogP contribution in [0.1, 0.15) is 0 Å². The molecule has 127 valence electrons. The lowest BCUT2D eigenvalue weighted by Gasteiger charge is -2.18. The Kier molecular flexibility index (Phi) is 5.41. The van der Waals surface area contributed by atoms with Gasteiger partial charge in [0.25, 0.3) is 0 Å². The quantitative estimate of drug-likeness (QED) is 0.505. The first-order valence-electron chi connectivity index (χ1n) is 8.05. The van der Waals surface area contributed by atoms with Gasteiger partial charge >= 0.3 is 0 Å². The Morgan fingerprint density at radius 2 is 0.680 bits per heavy atom. The molecule has 0 aliphatic carbocycles. The van der Waals surface area contributed by atoms with E-state index in [0.29, 0.717) is 0 Å². The summed E-state index contributed by atoms with van der Waals surface area (Å²) in [5.41, 5.74) is 0. The van der Waals surface area contributed by atoms with Crippen molar-refractivity contribution in [2.24, 2.45) is 0 Å². The fraction of sp³-hybridized carbons (Fsp3) is 0.143. The maximum absolute atomic E-state index is 5.30. The third-order valence-electron chi connectivity index (χ3n) is 4.14. The van der Waals surface area contributed by atoms with E-state index in [-0.39, 0.29) is 0 Å². The van der Waals surface area contributed by atoms with Crippen molar-refractivity contribution < 1.29 is 14.2 Å². The summed E-state index contributed by atoms with van der Waals surface area (Å²) in [5.74, 6) is 2.61. The lowest BCUT2D eigenvalue weighted by molar-refractivity contribution is 0.415. The van der Waals surface area contributed by atoms with Crippen LogP contribution >= 0.6 is 0 Å². The zero-order chi connectivity index (χ0) is 17.6. The molecule has 1 radical (unpaired) electrons. The molecule has 0 atom stereocenters. The molecule has 0 fully saturated rings. The van der Waals surface area contributed by atoms with Gasteiger partial charge in [-0.05, 0) is 36.4 Å². The molecule has 0 saturated carbocycles. The highest BCUT2D eigenvalue weighted by Gasteiger charge is 2.20. The van der Waals surface area contributed by atoms with Crippen LogP contribution in [-0.4, -0.2) is 30.1 Å². The molecule has 4 heteroatoms. The Morgan fingerprint density at radius 1 is 0.440 bits per heavy atom. The molecule has 0 spiro atoms. The smallest absolute Gasteiger partial charge is 0.154 e. The van der Waals surface area contributed by atoms with E-state index >= 15 is 0 Å². The molecular formula is C21H21O3Si. The van der Waals surface area contributed by atoms with Crippen molar-refractivity contribution in [3.8, 4) is 17.2 Å². The summed E-state index contributed by atoms with van der Waals surface area (Å²) in [6.45, 7) is 0. The molecule has 25 heavy (non-hydrogen) atoms. The van der Waals surface area contributed by atoms with Crippen LogP contribution in [0.5, 0.6) is 17.2 Å². The molecule has 0 amide bonds. The van der Waals surface area contributed by atoms with Crippen LogP contribution in [0.4, 0.5) is 0 Å². The van der Waals surface area contributed by atoms with E-state index in [1.54, 1.807) is 21.3 Å². The second-order valence-corrected chi connectivity index (χ2v) is 8.04. The topological polar surface area (TPSA) is 27.7 Å². The van der Waals surface area contributed by atoms with E-state index in [0.717, 1.165) is 17.2 Å². The van der Waals surface area contributed by atoms with Gasteiger partial charge in [0.2, 0.25) is 0 Å². The molecule has 3 rings (SSSR count). The minimum atomic E-state index is -1.12. The lowest BCUT2D eigenvalue weighted by atomic mass is 10.3. The number of hydrogen-bond acceptors (Lipinski definition) is 3. The van der Waals surface area contributed by atoms with Crippen molar-refractivity contribution >= 4 is 24.4 Å². The summed E-state index contributed by atoms with van der Waals surface area (Å²) in [4.78, 5) is 0. The van der Waals surface area contributed by atoms with Crippen molar-refractivity contribution in [3.63, 3.8) is 0 Å². The van der Waals surface area contributed by atoms with E-state index in [1.165, 1.54) is 15.6 Å². The molecule has 0 saturated heterocycles. The van der Waals surface area contributed by atoms with Crippen LogP contribution in [0.25, 0.3) is 0 Å². The SMILES string of the molecule is COc1ccc([Si](c2ccc(OC)cc2)c2ccc(OC)cc2)cc1. The minimum absolute atomic E-state index is 0.870. The Labute approximate surface area is 150 Å². The zero-order valence-corrected chi connectivity index (χ0v) is 15.7. The van der Waals surface area contributed by atoms with Gasteiger partial charge in [0.1, 0.15) is 17.2 Å². The summed E-state index contributed by atoms with van der Waals surface area (Å²) in [6, 6.07) is 25.1. The van der Waals surface area contributed by atoms with Gasteiger partial charge in [0.15, 0.2) is 8.80 Å². The molecule has 0 bridgehead atoms. The van der Waals surface area contributed by atoms with Crippen molar-refractivity contribution in [3.05, 3.63) is 72.8 Å². The Hall–Kier alpha value is -2.72. The van der Waals surface area contributed by atoms with Crippen molar-refractivity contribution in [2.45, 2.75) is 0 Å². The van der Waals surface area contributed by atoms with E-state index in [9.17, 15) is 0 Å². The Balaban J connectivity index is 2.04. The second kappa shape index (κ2) is 7.90. The molecule has 0 unspecified atom stereocenters. The van der Waals surface area contributed by atoms with E-state index in [2.05, 4.69) is 36.4 Å². The normalized spacial score (nSPS) is 10.6. The molecule has 0 heterocycles. The van der Waals surface area contributed by atoms with E-state index in [1.807, 2.05) is 36.4 Å². The molecular weight excluding hydrogens is 328 g/mol. The molecule has 0 aliphatic heterocycles. The largest absolute Gasteiger partial charge is 0.497 e. The van der Waals surface area contributed by atoms with Crippen LogP contribution in [0.15, 0.2) is 72.8 Å². The van der Waals surface area contributed by atoms with Gasteiger partial charge in [-0.2, -0.15) is 0 Å². The molecule has 3 aromatic carbocycles. The van der Waals surface area contributed by atoms with Crippen LogP contribution < -0.4 is 29.8 Å². The predicted molar refractivity (Wildman–Crippen MR) is 104 cm³/mol. The monoisotopic (exact) mass is 349 g/mol. The van der Waals surface area contributed by atoms with Gasteiger partial charge in [-0.15, -0.1) is 0 Å². The van der Waals surface area contributed by atoms with Crippen molar-refractivity contribution in [1.82, 2.24) is 0 Å². The molecule has 0 N–H and O–H groups in total. The molecule has 0 aromatic heterocycles. The number of benzene rings is 3. The number of rotatable bonds is 6. The van der Waals surface area contributed by atoms with Crippen LogP contribution in [0.2, 0.25) is 0 Å². The Bertz CT molecular complexity index is 683. The third kappa shape index (κ3) is 3.86. The molecule has 0 aliphatic rings. The number of methoxy groups -OCH3 is 3. The van der Waals surface area contributed by atoms with E-state index in [4.69, 9.17) is 14.2 Å². The van der Waals surface area contributed by atoms with Gasteiger partial charge in [-0.1, -0.05) is 52.0 Å². The fourth-order valence-corrected chi connectivity index (χ4v) is 5.27. The predicted octanol–water partition coefficient (Wildman–Crippen LogP) is 2.23. The minimum Gasteiger partial charge on any atom is -0.497 e. The summed E-state index contributed by atoms with van der Waals surface area (Å²) in [5, 5.41) is 3.92. The van der Waals surface area contributed by atoms with Gasteiger partial charge in [-0.25, -0.2) is 0 Å². The van der Waals surface area contributed by atoms with E-state index < -0.39 is 8.80 Å². The first-order chi connectivity index (χ1) is 12.2. The lowest BCUT2D eigenvalue weighted by Crippen LogP contribution is -2.51. The fourth-order valence-electron chi connectivity index (χ4n) is 2.77. The summed E-state index contributed by atoms with van der Waals surface area (Å²) in [7, 11) is 3.95. The highest BCUT2D eigenvalue weighted by atomic mass is 28.3. The van der Waals surface area contributed by atoms with Crippen molar-refractivity contribution in [1.29, 1.82) is 0 Å². The average molecular weight is 349 g/mol. The van der Waals surface area contributed by atoms with Crippen LogP contribution in [-0.2, 0) is 0 Å². The van der Waals surface area contributed by atoms with Crippen molar-refractivity contribution in [2.75, 3.05) is 21.3 Å².